The average Bonchev–Trinajstić information content (AvgIpc) is 3.12. The Labute approximate surface area is 162 Å². The summed E-state index contributed by atoms with van der Waals surface area (Å²) < 4.78 is 1.33. The lowest BCUT2D eigenvalue weighted by Gasteiger charge is -2.08. The van der Waals surface area contributed by atoms with Crippen LogP contribution in [0.4, 0.5) is 0 Å². The molecule has 0 spiro atoms. The molecule has 2 N–H and O–H groups in total. The van der Waals surface area contributed by atoms with E-state index in [1.54, 1.807) is 36.4 Å². The van der Waals surface area contributed by atoms with E-state index in [1.807, 2.05) is 19.1 Å². The molecule has 0 radical (unpaired) electrons. The number of hydrogen-bond donors (Lipinski definition) is 2. The summed E-state index contributed by atoms with van der Waals surface area (Å²) in [6.07, 6.45) is 0. The van der Waals surface area contributed by atoms with Crippen LogP contribution in [0, 0.1) is 10.9 Å². The normalized spacial score (nSPS) is 12.6. The van der Waals surface area contributed by atoms with Gasteiger partial charge in [-0.15, -0.1) is 0 Å². The van der Waals surface area contributed by atoms with Crippen LogP contribution in [0.2, 0.25) is 0 Å². The average molecular weight is 395 g/mol. The molecule has 27 heavy (non-hydrogen) atoms. The maximum atomic E-state index is 12.4. The minimum absolute atomic E-state index is 0.215. The van der Waals surface area contributed by atoms with Gasteiger partial charge in [0.15, 0.2) is 3.95 Å². The van der Waals surface area contributed by atoms with E-state index in [0.717, 1.165) is 21.6 Å². The van der Waals surface area contributed by atoms with Crippen molar-refractivity contribution in [1.82, 2.24) is 4.68 Å². The van der Waals surface area contributed by atoms with Crippen LogP contribution < -0.4 is 16.0 Å². The summed E-state index contributed by atoms with van der Waals surface area (Å²) in [4.78, 5) is 29.1. The topological polar surface area (TPSA) is 83.7 Å². The summed E-state index contributed by atoms with van der Waals surface area (Å²) in [7, 11) is 0. The number of aryl methyl sites for hydroxylation is 1. The molecule has 0 bridgehead atoms. The lowest BCUT2D eigenvalue weighted by molar-refractivity contribution is -0.112. The van der Waals surface area contributed by atoms with Crippen molar-refractivity contribution < 1.29 is 14.7 Å². The van der Waals surface area contributed by atoms with Gasteiger partial charge < -0.3 is 5.11 Å². The Morgan fingerprint density at radius 1 is 1.19 bits per heavy atom. The second-order valence-corrected chi connectivity index (χ2v) is 7.62. The minimum atomic E-state index is -0.445. The second kappa shape index (κ2) is 6.57. The zero-order valence-electron chi connectivity index (χ0n) is 14.1. The first-order valence-corrected chi connectivity index (χ1v) is 9.24. The Hall–Kier alpha value is -3.10. The third-order valence-corrected chi connectivity index (χ3v) is 5.53. The third kappa shape index (κ3) is 2.98. The highest BCUT2D eigenvalue weighted by Gasteiger charge is 2.25. The van der Waals surface area contributed by atoms with Crippen molar-refractivity contribution >= 4 is 40.9 Å². The minimum Gasteiger partial charge on any atom is -0.492 e. The summed E-state index contributed by atoms with van der Waals surface area (Å²) >= 11 is 6.31. The summed E-state index contributed by atoms with van der Waals surface area (Å²) in [6.45, 7) is 1.92. The fourth-order valence-electron chi connectivity index (χ4n) is 2.78. The standard InChI is InChI=1S/C19H13N3O3S2/c1-10-6-8-11(9-7-10)16(23)21-22-18(25)15(27-19(22)26)14-12-4-2-3-5-13(12)20-17(14)24/h2-9,25H,1H3,(H,21,23). The van der Waals surface area contributed by atoms with Crippen LogP contribution in [0.25, 0.3) is 5.57 Å². The van der Waals surface area contributed by atoms with E-state index >= 15 is 0 Å². The summed E-state index contributed by atoms with van der Waals surface area (Å²) in [5.74, 6) is -1.15. The zero-order chi connectivity index (χ0) is 19.1. The molecule has 1 aliphatic rings. The van der Waals surface area contributed by atoms with Gasteiger partial charge in [-0.25, -0.2) is 4.99 Å². The number of nitrogens with zero attached hydrogens (tertiary/aromatic N) is 2. The molecule has 1 aromatic heterocycles. The van der Waals surface area contributed by atoms with E-state index in [1.165, 1.54) is 0 Å². The monoisotopic (exact) mass is 395 g/mol. The smallest absolute Gasteiger partial charge is 0.279 e. The van der Waals surface area contributed by atoms with Crippen LogP contribution in [0.1, 0.15) is 20.8 Å². The Morgan fingerprint density at radius 2 is 1.89 bits per heavy atom. The molecule has 2 amide bonds. The number of para-hydroxylation sites is 1. The molecule has 6 nitrogen and oxygen atoms in total. The molecule has 1 aliphatic heterocycles. The molecule has 4 rings (SSSR count). The number of rotatable bonds is 3. The van der Waals surface area contributed by atoms with Crippen molar-refractivity contribution in [3.8, 4) is 5.88 Å². The molecule has 2 heterocycles. The number of fused-ring (bicyclic) bond motifs is 1. The zero-order valence-corrected chi connectivity index (χ0v) is 15.7. The fourth-order valence-corrected chi connectivity index (χ4v) is 4.04. The summed E-state index contributed by atoms with van der Waals surface area (Å²) in [5, 5.41) is 11.8. The Kier molecular flexibility index (Phi) is 4.21. The molecule has 0 saturated heterocycles. The van der Waals surface area contributed by atoms with Crippen molar-refractivity contribution in [3.05, 3.63) is 79.1 Å². The third-order valence-electron chi connectivity index (χ3n) is 4.15. The number of aromatic hydroxyl groups is 1. The van der Waals surface area contributed by atoms with Gasteiger partial charge in [0, 0.05) is 10.8 Å². The van der Waals surface area contributed by atoms with E-state index < -0.39 is 11.8 Å². The number of carbonyl (C=O) groups is 2. The van der Waals surface area contributed by atoms with Crippen LogP contribution in [0.15, 0.2) is 53.5 Å². The van der Waals surface area contributed by atoms with Gasteiger partial charge in [-0.3, -0.25) is 15.0 Å². The SMILES string of the molecule is Cc1ccc(C(=O)Nn2c(O)c(C3=c4ccccc4=NC3=O)sc2=S)cc1. The van der Waals surface area contributed by atoms with Gasteiger partial charge >= 0.3 is 0 Å². The lowest BCUT2D eigenvalue weighted by atomic mass is 10.1. The highest BCUT2D eigenvalue weighted by atomic mass is 32.1. The summed E-state index contributed by atoms with van der Waals surface area (Å²) in [5.41, 5.74) is 4.32. The van der Waals surface area contributed by atoms with Crippen LogP contribution >= 0.6 is 23.6 Å². The summed E-state index contributed by atoms with van der Waals surface area (Å²) in [6, 6.07) is 14.1. The number of aromatic nitrogens is 1. The van der Waals surface area contributed by atoms with Gasteiger partial charge in [0.2, 0.25) is 5.88 Å². The van der Waals surface area contributed by atoms with Crippen LogP contribution in [0.3, 0.4) is 0 Å². The van der Waals surface area contributed by atoms with Crippen molar-refractivity contribution in [3.63, 3.8) is 0 Å². The Morgan fingerprint density at radius 3 is 2.63 bits per heavy atom. The highest BCUT2D eigenvalue weighted by Crippen LogP contribution is 2.31. The van der Waals surface area contributed by atoms with Crippen LogP contribution in [0.5, 0.6) is 5.88 Å². The van der Waals surface area contributed by atoms with Gasteiger partial charge in [0.05, 0.1) is 10.9 Å². The van der Waals surface area contributed by atoms with E-state index in [9.17, 15) is 14.7 Å². The van der Waals surface area contributed by atoms with Crippen molar-refractivity contribution in [1.29, 1.82) is 0 Å². The molecule has 8 heteroatoms. The number of amides is 2. The fraction of sp³-hybridized carbons (Fsp3) is 0.0526. The van der Waals surface area contributed by atoms with E-state index in [2.05, 4.69) is 10.4 Å². The molecule has 3 aromatic rings. The first-order chi connectivity index (χ1) is 13.0. The predicted molar refractivity (Wildman–Crippen MR) is 104 cm³/mol. The van der Waals surface area contributed by atoms with Crippen molar-refractivity contribution in [2.24, 2.45) is 4.99 Å². The molecule has 2 aromatic carbocycles. The number of hydrogen-bond acceptors (Lipinski definition) is 5. The molecule has 0 atom stereocenters. The molecule has 0 unspecified atom stereocenters. The van der Waals surface area contributed by atoms with Crippen molar-refractivity contribution in [2.45, 2.75) is 6.92 Å². The predicted octanol–water partition coefficient (Wildman–Crippen LogP) is 2.04. The van der Waals surface area contributed by atoms with Gasteiger partial charge in [0.1, 0.15) is 4.88 Å². The molecule has 0 saturated carbocycles. The number of benzene rings is 2. The number of carbonyl (C=O) groups excluding carboxylic acids is 2. The second-order valence-electron chi connectivity index (χ2n) is 5.97. The molecular weight excluding hydrogens is 382 g/mol. The Balaban J connectivity index is 1.77. The van der Waals surface area contributed by atoms with Crippen LogP contribution in [-0.4, -0.2) is 21.6 Å². The maximum absolute atomic E-state index is 12.4. The van der Waals surface area contributed by atoms with Gasteiger partial charge in [-0.2, -0.15) is 4.68 Å². The van der Waals surface area contributed by atoms with Gasteiger partial charge in [0.25, 0.3) is 11.8 Å². The molecule has 0 fully saturated rings. The first kappa shape index (κ1) is 17.3. The van der Waals surface area contributed by atoms with Gasteiger partial charge in [-0.1, -0.05) is 47.2 Å². The van der Waals surface area contributed by atoms with E-state index in [0.29, 0.717) is 16.1 Å². The quantitative estimate of drug-likeness (QED) is 0.665. The molecule has 0 aliphatic carbocycles. The lowest BCUT2D eigenvalue weighted by Crippen LogP contribution is -2.23. The first-order valence-electron chi connectivity index (χ1n) is 8.01. The maximum Gasteiger partial charge on any atom is 0.279 e. The number of nitrogens with one attached hydrogen (secondary N) is 1. The van der Waals surface area contributed by atoms with Crippen molar-refractivity contribution in [2.75, 3.05) is 5.43 Å². The van der Waals surface area contributed by atoms with Gasteiger partial charge in [-0.05, 0) is 37.3 Å². The molecular formula is C19H13N3O3S2. The largest absolute Gasteiger partial charge is 0.492 e. The van der Waals surface area contributed by atoms with E-state index in [-0.39, 0.29) is 20.3 Å². The van der Waals surface area contributed by atoms with E-state index in [4.69, 9.17) is 12.2 Å². The Bertz CT molecular complexity index is 1270. The number of thiazole rings is 1. The highest BCUT2D eigenvalue weighted by molar-refractivity contribution is 7.73. The molecule has 134 valence electrons. The van der Waals surface area contributed by atoms with Crippen LogP contribution in [-0.2, 0) is 4.79 Å².